The molecular formula is C14H20FN3O2. The van der Waals surface area contributed by atoms with Crippen molar-refractivity contribution >= 4 is 11.9 Å². The molecule has 0 radical (unpaired) electrons. The first-order valence-corrected chi connectivity index (χ1v) is 6.45. The average molecular weight is 281 g/mol. The molecule has 0 bridgehead atoms. The fraction of sp³-hybridized carbons (Fsp3) is 0.429. The minimum Gasteiger partial charge on any atom is -0.351 e. The summed E-state index contributed by atoms with van der Waals surface area (Å²) < 4.78 is 12.9. The summed E-state index contributed by atoms with van der Waals surface area (Å²) in [5.74, 6) is -0.632. The maximum Gasteiger partial charge on any atom is 0.318 e. The van der Waals surface area contributed by atoms with Gasteiger partial charge in [0.1, 0.15) is 5.82 Å². The first-order valence-electron chi connectivity index (χ1n) is 6.45. The van der Waals surface area contributed by atoms with E-state index in [2.05, 4.69) is 4.90 Å². The van der Waals surface area contributed by atoms with Crippen LogP contribution in [-0.4, -0.2) is 30.4 Å². The number of benzene rings is 1. The monoisotopic (exact) mass is 281 g/mol. The SMILES string of the molecule is CC(c1ccc(F)cc1)N(C)CCCC(=O)NC(N)=O. The van der Waals surface area contributed by atoms with Crippen LogP contribution in [-0.2, 0) is 4.79 Å². The van der Waals surface area contributed by atoms with Crippen molar-refractivity contribution in [1.82, 2.24) is 10.2 Å². The number of primary amides is 1. The van der Waals surface area contributed by atoms with Gasteiger partial charge >= 0.3 is 6.03 Å². The van der Waals surface area contributed by atoms with Gasteiger partial charge in [-0.1, -0.05) is 12.1 Å². The normalized spacial score (nSPS) is 12.2. The molecule has 1 atom stereocenters. The highest BCUT2D eigenvalue weighted by molar-refractivity contribution is 5.93. The van der Waals surface area contributed by atoms with Gasteiger partial charge in [-0.2, -0.15) is 0 Å². The molecule has 1 aromatic carbocycles. The van der Waals surface area contributed by atoms with E-state index in [-0.39, 0.29) is 24.2 Å². The summed E-state index contributed by atoms with van der Waals surface area (Å²) in [4.78, 5) is 23.8. The third-order valence-electron chi connectivity index (χ3n) is 3.19. The van der Waals surface area contributed by atoms with E-state index < -0.39 is 6.03 Å². The molecule has 20 heavy (non-hydrogen) atoms. The van der Waals surface area contributed by atoms with E-state index in [0.717, 1.165) is 5.56 Å². The third-order valence-corrected chi connectivity index (χ3v) is 3.19. The summed E-state index contributed by atoms with van der Waals surface area (Å²) in [6.45, 7) is 2.70. The lowest BCUT2D eigenvalue weighted by Crippen LogP contribution is -2.35. The number of urea groups is 1. The summed E-state index contributed by atoms with van der Waals surface area (Å²) in [6, 6.07) is 5.64. The van der Waals surface area contributed by atoms with Crippen LogP contribution in [0.1, 0.15) is 31.4 Å². The number of hydrogen-bond acceptors (Lipinski definition) is 3. The van der Waals surface area contributed by atoms with Crippen LogP contribution < -0.4 is 11.1 Å². The Morgan fingerprint density at radius 1 is 1.35 bits per heavy atom. The molecule has 0 fully saturated rings. The smallest absolute Gasteiger partial charge is 0.318 e. The van der Waals surface area contributed by atoms with Crippen molar-refractivity contribution in [3.63, 3.8) is 0 Å². The Kier molecular flexibility index (Phi) is 6.11. The zero-order valence-electron chi connectivity index (χ0n) is 11.7. The molecular weight excluding hydrogens is 261 g/mol. The van der Waals surface area contributed by atoms with Gasteiger partial charge in [-0.3, -0.25) is 15.0 Å². The van der Waals surface area contributed by atoms with Crippen molar-refractivity contribution in [2.45, 2.75) is 25.8 Å². The molecule has 3 N–H and O–H groups in total. The minimum absolute atomic E-state index is 0.120. The van der Waals surface area contributed by atoms with Crippen molar-refractivity contribution in [2.24, 2.45) is 5.73 Å². The predicted molar refractivity (Wildman–Crippen MR) is 74.4 cm³/mol. The van der Waals surface area contributed by atoms with E-state index >= 15 is 0 Å². The van der Waals surface area contributed by atoms with Crippen LogP contribution >= 0.6 is 0 Å². The molecule has 0 aliphatic rings. The number of halogens is 1. The van der Waals surface area contributed by atoms with Crippen molar-refractivity contribution < 1.29 is 14.0 Å². The number of nitrogens with zero attached hydrogens (tertiary/aromatic N) is 1. The van der Waals surface area contributed by atoms with Crippen LogP contribution in [0.2, 0.25) is 0 Å². The molecule has 0 heterocycles. The molecule has 1 unspecified atom stereocenters. The summed E-state index contributed by atoms with van der Waals surface area (Å²) in [5.41, 5.74) is 5.86. The van der Waals surface area contributed by atoms with Gasteiger partial charge in [0.05, 0.1) is 0 Å². The molecule has 5 nitrogen and oxygen atoms in total. The second-order valence-electron chi connectivity index (χ2n) is 4.72. The lowest BCUT2D eigenvalue weighted by atomic mass is 10.1. The quantitative estimate of drug-likeness (QED) is 0.834. The molecule has 0 saturated heterocycles. The fourth-order valence-corrected chi connectivity index (χ4v) is 1.88. The zero-order chi connectivity index (χ0) is 15.1. The lowest BCUT2D eigenvalue weighted by Gasteiger charge is -2.24. The Labute approximate surface area is 117 Å². The van der Waals surface area contributed by atoms with Gasteiger partial charge in [-0.25, -0.2) is 9.18 Å². The number of rotatable bonds is 6. The first-order chi connectivity index (χ1) is 9.40. The second kappa shape index (κ2) is 7.59. The van der Waals surface area contributed by atoms with Gasteiger partial charge in [0.25, 0.3) is 0 Å². The second-order valence-corrected chi connectivity index (χ2v) is 4.72. The summed E-state index contributed by atoms with van der Waals surface area (Å²) in [5, 5.41) is 2.02. The van der Waals surface area contributed by atoms with Gasteiger partial charge in [0.15, 0.2) is 0 Å². The number of hydrogen-bond donors (Lipinski definition) is 2. The Bertz CT molecular complexity index is 462. The van der Waals surface area contributed by atoms with Crippen LogP contribution in [0.5, 0.6) is 0 Å². The van der Waals surface area contributed by atoms with Crippen molar-refractivity contribution in [2.75, 3.05) is 13.6 Å². The Morgan fingerprint density at radius 3 is 2.50 bits per heavy atom. The number of imide groups is 1. The van der Waals surface area contributed by atoms with E-state index in [4.69, 9.17) is 5.73 Å². The van der Waals surface area contributed by atoms with Crippen LogP contribution in [0.25, 0.3) is 0 Å². The van der Waals surface area contributed by atoms with E-state index in [1.54, 1.807) is 12.1 Å². The Hall–Kier alpha value is -1.95. The summed E-state index contributed by atoms with van der Waals surface area (Å²) in [7, 11) is 1.93. The van der Waals surface area contributed by atoms with Crippen LogP contribution in [0.3, 0.4) is 0 Å². The number of amides is 3. The molecule has 1 aromatic rings. The molecule has 1 rings (SSSR count). The molecule has 0 spiro atoms. The number of nitrogens with two attached hydrogens (primary N) is 1. The van der Waals surface area contributed by atoms with Gasteiger partial charge in [-0.15, -0.1) is 0 Å². The number of carbonyl (C=O) groups is 2. The van der Waals surface area contributed by atoms with Crippen molar-refractivity contribution in [3.05, 3.63) is 35.6 Å². The zero-order valence-corrected chi connectivity index (χ0v) is 11.7. The number of nitrogens with one attached hydrogen (secondary N) is 1. The highest BCUT2D eigenvalue weighted by atomic mass is 19.1. The fourth-order valence-electron chi connectivity index (χ4n) is 1.88. The van der Waals surface area contributed by atoms with Crippen LogP contribution in [0.15, 0.2) is 24.3 Å². The topological polar surface area (TPSA) is 75.4 Å². The van der Waals surface area contributed by atoms with E-state index in [1.807, 2.05) is 19.3 Å². The standard InChI is InChI=1S/C14H20FN3O2/c1-10(11-5-7-12(15)8-6-11)18(2)9-3-4-13(19)17-14(16)20/h5-8,10H,3-4,9H2,1-2H3,(H3,16,17,19,20). The van der Waals surface area contributed by atoms with Gasteiger partial charge in [0.2, 0.25) is 5.91 Å². The molecule has 0 aliphatic carbocycles. The van der Waals surface area contributed by atoms with E-state index in [0.29, 0.717) is 13.0 Å². The maximum atomic E-state index is 12.9. The Morgan fingerprint density at radius 2 is 1.95 bits per heavy atom. The lowest BCUT2D eigenvalue weighted by molar-refractivity contribution is -0.120. The molecule has 0 aromatic heterocycles. The van der Waals surface area contributed by atoms with Gasteiger partial charge in [-0.05, 0) is 44.6 Å². The molecule has 0 saturated carbocycles. The minimum atomic E-state index is -0.831. The van der Waals surface area contributed by atoms with Crippen LogP contribution in [0, 0.1) is 5.82 Å². The number of carbonyl (C=O) groups excluding carboxylic acids is 2. The average Bonchev–Trinajstić information content (AvgIpc) is 2.37. The summed E-state index contributed by atoms with van der Waals surface area (Å²) in [6.07, 6.45) is 0.852. The predicted octanol–water partition coefficient (Wildman–Crippen LogP) is 1.79. The van der Waals surface area contributed by atoms with Gasteiger partial charge in [0, 0.05) is 12.5 Å². The maximum absolute atomic E-state index is 12.9. The van der Waals surface area contributed by atoms with E-state index in [9.17, 15) is 14.0 Å². The Balaban J connectivity index is 2.38. The van der Waals surface area contributed by atoms with E-state index in [1.165, 1.54) is 12.1 Å². The molecule has 0 aliphatic heterocycles. The largest absolute Gasteiger partial charge is 0.351 e. The molecule has 6 heteroatoms. The van der Waals surface area contributed by atoms with Crippen molar-refractivity contribution in [3.8, 4) is 0 Å². The van der Waals surface area contributed by atoms with Crippen molar-refractivity contribution in [1.29, 1.82) is 0 Å². The third kappa shape index (κ3) is 5.36. The van der Waals surface area contributed by atoms with Gasteiger partial charge < -0.3 is 5.73 Å². The van der Waals surface area contributed by atoms with Crippen LogP contribution in [0.4, 0.5) is 9.18 Å². The summed E-state index contributed by atoms with van der Waals surface area (Å²) >= 11 is 0. The highest BCUT2D eigenvalue weighted by Crippen LogP contribution is 2.19. The first kappa shape index (κ1) is 16.1. The molecule has 110 valence electrons. The highest BCUT2D eigenvalue weighted by Gasteiger charge is 2.12. The molecule has 3 amide bonds.